The second kappa shape index (κ2) is 12.2. The van der Waals surface area contributed by atoms with Gasteiger partial charge in [0, 0.05) is 33.5 Å². The van der Waals surface area contributed by atoms with E-state index in [1.807, 2.05) is 17.5 Å². The Kier molecular flexibility index (Phi) is 8.75. The highest BCUT2D eigenvalue weighted by molar-refractivity contribution is 7.86. The number of rotatable bonds is 10. The molecule has 0 bridgehead atoms. The molecule has 4 rings (SSSR count). The van der Waals surface area contributed by atoms with Crippen LogP contribution < -0.4 is 20.1 Å². The first-order chi connectivity index (χ1) is 17.0. The molecule has 9 nitrogen and oxygen atoms in total. The van der Waals surface area contributed by atoms with Gasteiger partial charge in [0.15, 0.2) is 11.5 Å². The SMILES string of the molecule is O=C(C[S@](=O)CC(=O)N(CC(=O)NC1CCCCC1)Cc1cccs1)Nc1ccc2c(c1)OCO2. The topological polar surface area (TPSA) is 114 Å². The number of carbonyl (C=O) groups excluding carboxylic acids is 3. The molecule has 1 fully saturated rings. The first-order valence-electron chi connectivity index (χ1n) is 11.6. The Morgan fingerprint density at radius 2 is 1.83 bits per heavy atom. The zero-order valence-electron chi connectivity index (χ0n) is 19.3. The number of carbonyl (C=O) groups is 3. The van der Waals surface area contributed by atoms with E-state index < -0.39 is 22.6 Å². The molecule has 0 saturated heterocycles. The molecule has 2 aromatic rings. The van der Waals surface area contributed by atoms with Crippen molar-refractivity contribution in [2.24, 2.45) is 0 Å². The van der Waals surface area contributed by atoms with Crippen LogP contribution in [-0.4, -0.2) is 57.7 Å². The van der Waals surface area contributed by atoms with Crippen LogP contribution in [0.4, 0.5) is 5.69 Å². The Morgan fingerprint density at radius 3 is 2.60 bits per heavy atom. The lowest BCUT2D eigenvalue weighted by Gasteiger charge is -2.26. The van der Waals surface area contributed by atoms with Crippen molar-refractivity contribution in [1.82, 2.24) is 10.2 Å². The van der Waals surface area contributed by atoms with Gasteiger partial charge in [-0.3, -0.25) is 18.6 Å². The minimum atomic E-state index is -1.73. The van der Waals surface area contributed by atoms with Gasteiger partial charge in [-0.15, -0.1) is 11.3 Å². The first-order valence-corrected chi connectivity index (χ1v) is 14.0. The second-order valence-electron chi connectivity index (χ2n) is 8.58. The maximum absolute atomic E-state index is 13.0. The third-order valence-corrected chi connectivity index (χ3v) is 7.83. The minimum Gasteiger partial charge on any atom is -0.454 e. The smallest absolute Gasteiger partial charge is 0.239 e. The average Bonchev–Trinajstić information content (AvgIpc) is 3.50. The zero-order valence-corrected chi connectivity index (χ0v) is 21.0. The Bertz CT molecular complexity index is 1070. The van der Waals surface area contributed by atoms with E-state index in [1.54, 1.807) is 18.2 Å². The summed E-state index contributed by atoms with van der Waals surface area (Å²) in [5.41, 5.74) is 0.487. The molecular weight excluding hydrogens is 490 g/mol. The van der Waals surface area contributed by atoms with Gasteiger partial charge in [0.2, 0.25) is 24.5 Å². The van der Waals surface area contributed by atoms with Crippen molar-refractivity contribution in [2.75, 3.05) is 30.2 Å². The number of benzene rings is 1. The van der Waals surface area contributed by atoms with Crippen LogP contribution in [0.2, 0.25) is 0 Å². The minimum absolute atomic E-state index is 0.103. The maximum atomic E-state index is 13.0. The van der Waals surface area contributed by atoms with Gasteiger partial charge in [0.1, 0.15) is 11.5 Å². The number of hydrogen-bond donors (Lipinski definition) is 2. The van der Waals surface area contributed by atoms with Gasteiger partial charge in [-0.05, 0) is 36.4 Å². The number of thiophene rings is 1. The summed E-state index contributed by atoms with van der Waals surface area (Å²) in [6, 6.07) is 8.88. The fourth-order valence-electron chi connectivity index (χ4n) is 4.11. The summed E-state index contributed by atoms with van der Waals surface area (Å²) in [5, 5.41) is 7.59. The number of amides is 3. The van der Waals surface area contributed by atoms with Crippen molar-refractivity contribution in [3.8, 4) is 11.5 Å². The van der Waals surface area contributed by atoms with Crippen LogP contribution in [0, 0.1) is 0 Å². The van der Waals surface area contributed by atoms with Crippen molar-refractivity contribution >= 4 is 45.5 Å². The van der Waals surface area contributed by atoms with Crippen molar-refractivity contribution in [2.45, 2.75) is 44.7 Å². The molecular formula is C24H29N3O6S2. The highest BCUT2D eigenvalue weighted by Gasteiger charge is 2.23. The zero-order chi connectivity index (χ0) is 24.6. The van der Waals surface area contributed by atoms with Gasteiger partial charge in [-0.2, -0.15) is 0 Å². The van der Waals surface area contributed by atoms with Gasteiger partial charge < -0.3 is 25.0 Å². The van der Waals surface area contributed by atoms with Crippen LogP contribution >= 0.6 is 11.3 Å². The van der Waals surface area contributed by atoms with E-state index in [9.17, 15) is 18.6 Å². The van der Waals surface area contributed by atoms with E-state index in [-0.39, 0.29) is 43.3 Å². The normalized spacial score (nSPS) is 15.9. The molecule has 0 unspecified atom stereocenters. The molecule has 188 valence electrons. The second-order valence-corrected chi connectivity index (χ2v) is 11.1. The highest BCUT2D eigenvalue weighted by Crippen LogP contribution is 2.34. The van der Waals surface area contributed by atoms with E-state index >= 15 is 0 Å². The number of ether oxygens (including phenoxy) is 2. The van der Waals surface area contributed by atoms with Gasteiger partial charge >= 0.3 is 0 Å². The predicted molar refractivity (Wildman–Crippen MR) is 134 cm³/mol. The van der Waals surface area contributed by atoms with Crippen molar-refractivity contribution < 1.29 is 28.1 Å². The third kappa shape index (κ3) is 7.53. The van der Waals surface area contributed by atoms with Crippen molar-refractivity contribution in [3.63, 3.8) is 0 Å². The van der Waals surface area contributed by atoms with E-state index in [4.69, 9.17) is 9.47 Å². The number of nitrogens with one attached hydrogen (secondary N) is 2. The van der Waals surface area contributed by atoms with Gasteiger partial charge in [-0.25, -0.2) is 0 Å². The molecule has 1 atom stereocenters. The Balaban J connectivity index is 1.30. The monoisotopic (exact) mass is 519 g/mol. The van der Waals surface area contributed by atoms with Gasteiger partial charge in [0.05, 0.1) is 13.1 Å². The molecule has 35 heavy (non-hydrogen) atoms. The molecule has 2 aliphatic rings. The fourth-order valence-corrected chi connectivity index (χ4v) is 5.76. The molecule has 3 amide bonds. The van der Waals surface area contributed by atoms with Crippen molar-refractivity contribution in [3.05, 3.63) is 40.6 Å². The molecule has 1 aliphatic carbocycles. The molecule has 1 saturated carbocycles. The summed E-state index contributed by atoms with van der Waals surface area (Å²) < 4.78 is 23.1. The van der Waals surface area contributed by atoms with Gasteiger partial charge in [0.25, 0.3) is 0 Å². The van der Waals surface area contributed by atoms with Gasteiger partial charge in [-0.1, -0.05) is 25.3 Å². The Morgan fingerprint density at radius 1 is 1.03 bits per heavy atom. The molecule has 1 aromatic heterocycles. The fraction of sp³-hybridized carbons (Fsp3) is 0.458. The van der Waals surface area contributed by atoms with Crippen LogP contribution in [0.5, 0.6) is 11.5 Å². The first kappa shape index (κ1) is 25.2. The highest BCUT2D eigenvalue weighted by atomic mass is 32.2. The average molecular weight is 520 g/mol. The molecule has 2 N–H and O–H groups in total. The van der Waals surface area contributed by atoms with E-state index in [2.05, 4.69) is 10.6 Å². The number of nitrogens with zero attached hydrogens (tertiary/aromatic N) is 1. The molecule has 2 heterocycles. The summed E-state index contributed by atoms with van der Waals surface area (Å²) in [4.78, 5) is 40.3. The number of fused-ring (bicyclic) bond motifs is 1. The van der Waals surface area contributed by atoms with Crippen LogP contribution in [0.15, 0.2) is 35.7 Å². The predicted octanol–water partition coefficient (Wildman–Crippen LogP) is 2.64. The third-order valence-electron chi connectivity index (χ3n) is 5.82. The lowest BCUT2D eigenvalue weighted by molar-refractivity contribution is -0.134. The quantitative estimate of drug-likeness (QED) is 0.499. The van der Waals surface area contributed by atoms with Crippen LogP contribution in [-0.2, 0) is 31.7 Å². The largest absolute Gasteiger partial charge is 0.454 e. The summed E-state index contributed by atoms with van der Waals surface area (Å²) in [6.07, 6.45) is 5.27. The van der Waals surface area contributed by atoms with E-state index in [0.717, 1.165) is 30.6 Å². The standard InChI is InChI=1S/C24H29N3O6S2/c28-22(25-17-5-2-1-3-6-17)13-27(12-19-7-4-10-34-19)24(30)15-35(31)14-23(29)26-18-8-9-20-21(11-18)33-16-32-20/h4,7-11,17H,1-3,5-6,12-16H2,(H,25,28)(H,26,29)/t35-/m0/s1. The van der Waals surface area contributed by atoms with Crippen LogP contribution in [0.1, 0.15) is 37.0 Å². The lowest BCUT2D eigenvalue weighted by Crippen LogP contribution is -2.45. The molecule has 0 spiro atoms. The summed E-state index contributed by atoms with van der Waals surface area (Å²) >= 11 is 1.49. The molecule has 11 heteroatoms. The molecule has 1 aromatic carbocycles. The lowest BCUT2D eigenvalue weighted by atomic mass is 9.95. The number of hydrogen-bond acceptors (Lipinski definition) is 7. The summed E-state index contributed by atoms with van der Waals surface area (Å²) in [6.45, 7) is 0.280. The summed E-state index contributed by atoms with van der Waals surface area (Å²) in [7, 11) is -1.73. The van der Waals surface area contributed by atoms with E-state index in [0.29, 0.717) is 17.2 Å². The van der Waals surface area contributed by atoms with Crippen LogP contribution in [0.25, 0.3) is 0 Å². The Labute approximate surface area is 210 Å². The Hall–Kier alpha value is -2.92. The van der Waals surface area contributed by atoms with Crippen LogP contribution in [0.3, 0.4) is 0 Å². The number of anilines is 1. The maximum Gasteiger partial charge on any atom is 0.239 e. The molecule has 1 aliphatic heterocycles. The summed E-state index contributed by atoms with van der Waals surface area (Å²) in [5.74, 6) is -0.669. The van der Waals surface area contributed by atoms with Crippen molar-refractivity contribution in [1.29, 1.82) is 0 Å². The van der Waals surface area contributed by atoms with E-state index in [1.165, 1.54) is 22.7 Å². The molecule has 0 radical (unpaired) electrons.